The Hall–Kier alpha value is -3.20. The van der Waals surface area contributed by atoms with Gasteiger partial charge in [0.05, 0.1) is 16.6 Å². The maximum Gasteiger partial charge on any atom is 0.252 e. The predicted octanol–water partition coefficient (Wildman–Crippen LogP) is 2.79. The zero-order valence-electron chi connectivity index (χ0n) is 13.4. The molecule has 0 saturated heterocycles. The molecular formula is C22H14N2O. The van der Waals surface area contributed by atoms with Gasteiger partial charge in [-0.05, 0) is 41.0 Å². The van der Waals surface area contributed by atoms with Crippen molar-refractivity contribution in [2.45, 2.75) is 12.0 Å². The van der Waals surface area contributed by atoms with E-state index in [1.165, 1.54) is 16.3 Å². The number of hydrogen-bond donors (Lipinski definition) is 1. The summed E-state index contributed by atoms with van der Waals surface area (Å²) in [7, 11) is 0. The Morgan fingerprint density at radius 3 is 2.64 bits per heavy atom. The zero-order valence-corrected chi connectivity index (χ0v) is 13.4. The van der Waals surface area contributed by atoms with Gasteiger partial charge in [0.15, 0.2) is 0 Å². The molecule has 3 heteroatoms. The molecule has 0 radical (unpaired) electrons. The van der Waals surface area contributed by atoms with Crippen LogP contribution in [0.2, 0.25) is 0 Å². The van der Waals surface area contributed by atoms with Crippen molar-refractivity contribution in [1.82, 2.24) is 5.32 Å². The normalized spacial score (nSPS) is 21.0. The van der Waals surface area contributed by atoms with E-state index in [1.54, 1.807) is 0 Å². The molecule has 1 atom stereocenters. The quantitative estimate of drug-likeness (QED) is 0.531. The summed E-state index contributed by atoms with van der Waals surface area (Å²) in [6.07, 6.45) is 3.02. The van der Waals surface area contributed by atoms with Crippen LogP contribution in [-0.2, 0) is 5.54 Å². The molecule has 1 spiro atoms. The summed E-state index contributed by atoms with van der Waals surface area (Å²) in [4.78, 5) is 17.4. The zero-order chi connectivity index (χ0) is 16.6. The van der Waals surface area contributed by atoms with Gasteiger partial charge in [0, 0.05) is 16.7 Å². The van der Waals surface area contributed by atoms with E-state index in [0.29, 0.717) is 0 Å². The van der Waals surface area contributed by atoms with E-state index in [2.05, 4.69) is 41.7 Å². The molecule has 0 bridgehead atoms. The lowest BCUT2D eigenvalue weighted by Gasteiger charge is -2.28. The van der Waals surface area contributed by atoms with Gasteiger partial charge in [0.1, 0.15) is 0 Å². The molecule has 118 valence electrons. The van der Waals surface area contributed by atoms with Gasteiger partial charge in [-0.15, -0.1) is 0 Å². The number of rotatable bonds is 0. The Labute approximate surface area is 144 Å². The molecule has 0 saturated carbocycles. The molecule has 1 unspecified atom stereocenters. The van der Waals surface area contributed by atoms with Crippen molar-refractivity contribution in [2.75, 3.05) is 0 Å². The maximum atomic E-state index is 12.6. The molecular weight excluding hydrogens is 308 g/mol. The number of amides is 1. The summed E-state index contributed by atoms with van der Waals surface area (Å²) in [6, 6.07) is 20.4. The first kappa shape index (κ1) is 13.1. The van der Waals surface area contributed by atoms with E-state index >= 15 is 0 Å². The van der Waals surface area contributed by atoms with Crippen LogP contribution in [0, 0.1) is 0 Å². The third-order valence-electron chi connectivity index (χ3n) is 5.64. The van der Waals surface area contributed by atoms with Crippen LogP contribution >= 0.6 is 0 Å². The maximum absolute atomic E-state index is 12.6. The lowest BCUT2D eigenvalue weighted by molar-refractivity contribution is 0.0943. The summed E-state index contributed by atoms with van der Waals surface area (Å²) >= 11 is 0. The molecule has 25 heavy (non-hydrogen) atoms. The van der Waals surface area contributed by atoms with Gasteiger partial charge in [-0.2, -0.15) is 0 Å². The molecule has 1 N–H and O–H groups in total. The van der Waals surface area contributed by atoms with Crippen LogP contribution in [0.3, 0.4) is 0 Å². The SMILES string of the molecule is O=C1NC2(CC=c3ccc4c(c32)-c2ccccc2N=4)c2ccccc21. The third-order valence-corrected chi connectivity index (χ3v) is 5.64. The minimum absolute atomic E-state index is 0.0117. The van der Waals surface area contributed by atoms with E-state index in [9.17, 15) is 4.79 Å². The first-order valence-electron chi connectivity index (χ1n) is 8.52. The van der Waals surface area contributed by atoms with Crippen molar-refractivity contribution in [3.05, 3.63) is 87.9 Å². The Bertz CT molecular complexity index is 1230. The Kier molecular flexibility index (Phi) is 2.23. The number of nitrogens with zero attached hydrogens (tertiary/aromatic N) is 1. The van der Waals surface area contributed by atoms with E-state index in [4.69, 9.17) is 4.99 Å². The molecule has 0 fully saturated rings. The van der Waals surface area contributed by atoms with Crippen molar-refractivity contribution in [3.8, 4) is 11.1 Å². The summed E-state index contributed by atoms with van der Waals surface area (Å²) in [6.45, 7) is 0. The molecule has 3 nitrogen and oxygen atoms in total. The fraction of sp³-hybridized carbons (Fsp3) is 0.0909. The summed E-state index contributed by atoms with van der Waals surface area (Å²) in [5.74, 6) is 0.0117. The fourth-order valence-corrected chi connectivity index (χ4v) is 4.62. The van der Waals surface area contributed by atoms with Gasteiger partial charge in [-0.1, -0.05) is 48.5 Å². The standard InChI is InChI=1S/C22H14N2O/c25-21-14-5-1-3-7-16(14)22(24-21)12-11-13-9-10-18-19(20(13)22)15-6-2-4-8-17(15)23-18/h1-11H,12H2,(H,24,25). The minimum atomic E-state index is -0.471. The highest BCUT2D eigenvalue weighted by Crippen LogP contribution is 2.46. The second-order valence-corrected chi connectivity index (χ2v) is 6.87. The van der Waals surface area contributed by atoms with Crippen molar-refractivity contribution in [3.63, 3.8) is 0 Å². The minimum Gasteiger partial charge on any atom is -0.338 e. The van der Waals surface area contributed by atoms with Crippen LogP contribution in [-0.4, -0.2) is 5.91 Å². The van der Waals surface area contributed by atoms with Crippen molar-refractivity contribution in [1.29, 1.82) is 0 Å². The summed E-state index contributed by atoms with van der Waals surface area (Å²) in [5, 5.41) is 5.49. The average molecular weight is 322 g/mol. The largest absolute Gasteiger partial charge is 0.338 e. The summed E-state index contributed by atoms with van der Waals surface area (Å²) in [5.41, 5.74) is 5.91. The highest BCUT2D eigenvalue weighted by Gasteiger charge is 2.47. The van der Waals surface area contributed by atoms with Crippen LogP contribution in [0.15, 0.2) is 65.7 Å². The topological polar surface area (TPSA) is 41.5 Å². The molecule has 0 aromatic heterocycles. The van der Waals surface area contributed by atoms with Gasteiger partial charge in [0.2, 0.25) is 0 Å². The Balaban J connectivity index is 1.74. The number of carbonyl (C=O) groups is 1. The smallest absolute Gasteiger partial charge is 0.252 e. The third kappa shape index (κ3) is 1.47. The predicted molar refractivity (Wildman–Crippen MR) is 96.1 cm³/mol. The first-order valence-corrected chi connectivity index (χ1v) is 8.52. The molecule has 2 heterocycles. The number of fused-ring (bicyclic) bond motifs is 8. The molecule has 2 aliphatic heterocycles. The van der Waals surface area contributed by atoms with Gasteiger partial charge >= 0.3 is 0 Å². The van der Waals surface area contributed by atoms with Crippen LogP contribution in [0.25, 0.3) is 17.2 Å². The highest BCUT2D eigenvalue weighted by atomic mass is 16.2. The number of benzene rings is 3. The number of para-hydroxylation sites is 1. The van der Waals surface area contributed by atoms with Crippen LogP contribution < -0.4 is 15.9 Å². The Morgan fingerprint density at radius 2 is 1.72 bits per heavy atom. The monoisotopic (exact) mass is 322 g/mol. The molecule has 1 amide bonds. The molecule has 1 aliphatic carbocycles. The van der Waals surface area contributed by atoms with Gasteiger partial charge in [0.25, 0.3) is 5.91 Å². The van der Waals surface area contributed by atoms with Gasteiger partial charge in [-0.3, -0.25) is 4.79 Å². The van der Waals surface area contributed by atoms with Crippen LogP contribution in [0.5, 0.6) is 0 Å². The number of hydrogen-bond acceptors (Lipinski definition) is 2. The lowest BCUT2D eigenvalue weighted by Crippen LogP contribution is -2.41. The van der Waals surface area contributed by atoms with Gasteiger partial charge in [-0.25, -0.2) is 4.99 Å². The lowest BCUT2D eigenvalue weighted by atomic mass is 9.80. The second-order valence-electron chi connectivity index (χ2n) is 6.87. The van der Waals surface area contributed by atoms with E-state index < -0.39 is 5.54 Å². The summed E-state index contributed by atoms with van der Waals surface area (Å²) < 4.78 is 0. The molecule has 3 aromatic rings. The van der Waals surface area contributed by atoms with E-state index in [1.807, 2.05) is 30.3 Å². The van der Waals surface area contributed by atoms with E-state index in [-0.39, 0.29) is 5.91 Å². The van der Waals surface area contributed by atoms with Crippen LogP contribution in [0.4, 0.5) is 5.69 Å². The van der Waals surface area contributed by atoms with Crippen molar-refractivity contribution >= 4 is 17.7 Å². The highest BCUT2D eigenvalue weighted by molar-refractivity contribution is 6.02. The van der Waals surface area contributed by atoms with Crippen LogP contribution in [0.1, 0.15) is 27.9 Å². The molecule has 3 aromatic carbocycles. The molecule has 6 rings (SSSR count). The number of carbonyl (C=O) groups excluding carboxylic acids is 1. The average Bonchev–Trinajstić information content (AvgIpc) is 3.28. The fourth-order valence-electron chi connectivity index (χ4n) is 4.62. The number of nitrogens with one attached hydrogen (secondary N) is 1. The molecule has 3 aliphatic rings. The first-order chi connectivity index (χ1) is 12.3. The Morgan fingerprint density at radius 1 is 0.920 bits per heavy atom. The van der Waals surface area contributed by atoms with Gasteiger partial charge < -0.3 is 5.32 Å². The second kappa shape index (κ2) is 4.25. The van der Waals surface area contributed by atoms with Crippen molar-refractivity contribution < 1.29 is 4.79 Å². The van der Waals surface area contributed by atoms with Crippen molar-refractivity contribution in [2.24, 2.45) is 4.99 Å². The van der Waals surface area contributed by atoms with E-state index in [0.717, 1.165) is 34.2 Å².